The third-order valence-electron chi connectivity index (χ3n) is 6.69. The van der Waals surface area contributed by atoms with Crippen molar-refractivity contribution in [2.45, 2.75) is 26.3 Å². The summed E-state index contributed by atoms with van der Waals surface area (Å²) in [6.45, 7) is 4.98. The molecule has 7 nitrogen and oxygen atoms in total. The Bertz CT molecular complexity index is 1330. The molecule has 0 radical (unpaired) electrons. The van der Waals surface area contributed by atoms with Crippen molar-refractivity contribution in [3.63, 3.8) is 0 Å². The molecule has 2 saturated heterocycles. The topological polar surface area (TPSA) is 71.9 Å². The molecule has 2 fully saturated rings. The lowest BCUT2D eigenvalue weighted by Gasteiger charge is -2.27. The molecule has 0 N–H and O–H groups in total. The predicted molar refractivity (Wildman–Crippen MR) is 142 cm³/mol. The van der Waals surface area contributed by atoms with Crippen molar-refractivity contribution < 1.29 is 19.1 Å². The van der Waals surface area contributed by atoms with E-state index in [2.05, 4.69) is 13.0 Å². The Kier molecular flexibility index (Phi) is 7.25. The third kappa shape index (κ3) is 4.96. The number of benzene rings is 2. The highest BCUT2D eigenvalue weighted by Gasteiger charge is 2.35. The van der Waals surface area contributed by atoms with Crippen molar-refractivity contribution in [2.75, 3.05) is 32.8 Å². The van der Waals surface area contributed by atoms with Crippen LogP contribution < -0.4 is 0 Å². The predicted octanol–water partition coefficient (Wildman–Crippen LogP) is 4.34. The average Bonchev–Trinajstić information content (AvgIpc) is 3.39. The molecule has 2 aliphatic rings. The standard InChI is InChI=1S/C28H29N3O4S/c1-2-21-9-6-10-23-22(18-30(26(21)23)19-25(32)29-13-15-35-16-14-29)17-24-27(33)31(28(34)36-24)12-11-20-7-4-3-5-8-20/h3-10,17-18H,2,11-16,19H2,1H3/b24-17-. The summed E-state index contributed by atoms with van der Waals surface area (Å²) in [5.74, 6) is -0.216. The van der Waals surface area contributed by atoms with E-state index >= 15 is 0 Å². The molecule has 1 aromatic heterocycles. The van der Waals surface area contributed by atoms with Crippen molar-refractivity contribution in [3.8, 4) is 0 Å². The number of aromatic nitrogens is 1. The summed E-state index contributed by atoms with van der Waals surface area (Å²) in [6.07, 6.45) is 5.17. The number of hydrogen-bond donors (Lipinski definition) is 0. The number of carbonyl (C=O) groups excluding carboxylic acids is 3. The van der Waals surface area contributed by atoms with Gasteiger partial charge >= 0.3 is 0 Å². The number of aryl methyl sites for hydroxylation is 1. The molecule has 3 heterocycles. The number of amides is 3. The second-order valence-corrected chi connectivity index (χ2v) is 9.93. The van der Waals surface area contributed by atoms with Gasteiger partial charge in [0.05, 0.1) is 23.6 Å². The first-order valence-electron chi connectivity index (χ1n) is 12.3. The molecule has 186 valence electrons. The van der Waals surface area contributed by atoms with E-state index in [4.69, 9.17) is 4.74 Å². The molecule has 5 rings (SSSR count). The van der Waals surface area contributed by atoms with Gasteiger partial charge in [-0.1, -0.05) is 55.5 Å². The van der Waals surface area contributed by atoms with E-state index in [1.165, 1.54) is 4.90 Å². The highest BCUT2D eigenvalue weighted by molar-refractivity contribution is 8.18. The first-order chi connectivity index (χ1) is 17.5. The minimum Gasteiger partial charge on any atom is -0.378 e. The molecule has 8 heteroatoms. The van der Waals surface area contributed by atoms with Crippen LogP contribution in [-0.2, 0) is 33.7 Å². The molecule has 2 aliphatic heterocycles. The molecule has 0 spiro atoms. The molecule has 36 heavy (non-hydrogen) atoms. The first kappa shape index (κ1) is 24.3. The SMILES string of the molecule is CCc1cccc2c(/C=C3\SC(=O)N(CCc4ccccc4)C3=O)cn(CC(=O)N3CCOCC3)c12. The second kappa shape index (κ2) is 10.7. The molecule has 0 unspecified atom stereocenters. The van der Waals surface area contributed by atoms with Crippen LogP contribution in [0.3, 0.4) is 0 Å². The van der Waals surface area contributed by atoms with Crippen LogP contribution in [0.2, 0.25) is 0 Å². The van der Waals surface area contributed by atoms with E-state index in [1.54, 1.807) is 6.08 Å². The Morgan fingerprint density at radius 2 is 1.83 bits per heavy atom. The maximum absolute atomic E-state index is 13.1. The van der Waals surface area contributed by atoms with Gasteiger partial charge in [-0.3, -0.25) is 19.3 Å². The normalized spacial score (nSPS) is 17.5. The van der Waals surface area contributed by atoms with Crippen molar-refractivity contribution in [1.82, 2.24) is 14.4 Å². The summed E-state index contributed by atoms with van der Waals surface area (Å²) in [4.78, 5) is 42.4. The van der Waals surface area contributed by atoms with E-state index in [0.717, 1.165) is 45.8 Å². The lowest BCUT2D eigenvalue weighted by molar-refractivity contribution is -0.135. The molecule has 0 atom stereocenters. The molecule has 0 saturated carbocycles. The summed E-state index contributed by atoms with van der Waals surface area (Å²) < 4.78 is 7.36. The number of rotatable bonds is 7. The van der Waals surface area contributed by atoms with Gasteiger partial charge in [-0.05, 0) is 41.8 Å². The fourth-order valence-electron chi connectivity index (χ4n) is 4.77. The largest absolute Gasteiger partial charge is 0.378 e. The smallest absolute Gasteiger partial charge is 0.293 e. The first-order valence-corrected chi connectivity index (χ1v) is 13.1. The van der Waals surface area contributed by atoms with Gasteiger partial charge < -0.3 is 14.2 Å². The van der Waals surface area contributed by atoms with Gasteiger partial charge in [-0.25, -0.2) is 0 Å². The highest BCUT2D eigenvalue weighted by atomic mass is 32.2. The van der Waals surface area contributed by atoms with E-state index in [1.807, 2.05) is 58.1 Å². The number of thioether (sulfide) groups is 1. The molecule has 2 aromatic carbocycles. The fraction of sp³-hybridized carbons (Fsp3) is 0.321. The van der Waals surface area contributed by atoms with Crippen LogP contribution >= 0.6 is 11.8 Å². The molecular formula is C28H29N3O4S. The summed E-state index contributed by atoms with van der Waals surface area (Å²) in [5, 5.41) is 0.725. The minimum absolute atomic E-state index is 0.0499. The Hall–Kier alpha value is -3.36. The van der Waals surface area contributed by atoms with Crippen LogP contribution in [0, 0.1) is 0 Å². The van der Waals surface area contributed by atoms with Gasteiger partial charge in [0.1, 0.15) is 6.54 Å². The second-order valence-electron chi connectivity index (χ2n) is 8.94. The number of hydrogen-bond acceptors (Lipinski definition) is 5. The highest BCUT2D eigenvalue weighted by Crippen LogP contribution is 2.35. The maximum Gasteiger partial charge on any atom is 0.293 e. The van der Waals surface area contributed by atoms with E-state index in [9.17, 15) is 14.4 Å². The number of para-hydroxylation sites is 1. The van der Waals surface area contributed by atoms with Crippen LogP contribution in [0.4, 0.5) is 4.79 Å². The van der Waals surface area contributed by atoms with E-state index in [0.29, 0.717) is 44.2 Å². The van der Waals surface area contributed by atoms with Crippen molar-refractivity contribution in [3.05, 3.63) is 76.3 Å². The van der Waals surface area contributed by atoms with Gasteiger partial charge in [-0.2, -0.15) is 0 Å². The van der Waals surface area contributed by atoms with Gasteiger partial charge in [0.2, 0.25) is 5.91 Å². The summed E-state index contributed by atoms with van der Waals surface area (Å²) in [7, 11) is 0. The number of carbonyl (C=O) groups is 3. The molecule has 0 aliphatic carbocycles. The lowest BCUT2D eigenvalue weighted by atomic mass is 10.1. The van der Waals surface area contributed by atoms with Gasteiger partial charge in [0.25, 0.3) is 11.1 Å². The average molecular weight is 504 g/mol. The third-order valence-corrected chi connectivity index (χ3v) is 7.60. The summed E-state index contributed by atoms with van der Waals surface area (Å²) in [6, 6.07) is 15.9. The van der Waals surface area contributed by atoms with Gasteiger partial charge in [0, 0.05) is 36.8 Å². The number of imide groups is 1. The summed E-state index contributed by atoms with van der Waals surface area (Å²) >= 11 is 0.976. The van der Waals surface area contributed by atoms with E-state index < -0.39 is 0 Å². The van der Waals surface area contributed by atoms with Gasteiger partial charge in [-0.15, -0.1) is 0 Å². The summed E-state index contributed by atoms with van der Waals surface area (Å²) in [5.41, 5.74) is 4.05. The van der Waals surface area contributed by atoms with Crippen molar-refractivity contribution in [2.24, 2.45) is 0 Å². The Balaban J connectivity index is 1.42. The number of fused-ring (bicyclic) bond motifs is 1. The van der Waals surface area contributed by atoms with Crippen LogP contribution in [0.1, 0.15) is 23.6 Å². The number of nitrogens with zero attached hydrogens (tertiary/aromatic N) is 3. The number of ether oxygens (including phenoxy) is 1. The van der Waals surface area contributed by atoms with Crippen LogP contribution in [0.15, 0.2) is 59.6 Å². The lowest BCUT2D eigenvalue weighted by Crippen LogP contribution is -2.42. The monoisotopic (exact) mass is 503 g/mol. The van der Waals surface area contributed by atoms with Crippen molar-refractivity contribution in [1.29, 1.82) is 0 Å². The maximum atomic E-state index is 13.1. The Morgan fingerprint density at radius 3 is 2.58 bits per heavy atom. The Labute approximate surface area is 214 Å². The zero-order valence-electron chi connectivity index (χ0n) is 20.3. The van der Waals surface area contributed by atoms with Crippen LogP contribution in [-0.4, -0.2) is 64.3 Å². The molecule has 0 bridgehead atoms. The molecule has 3 aromatic rings. The van der Waals surface area contributed by atoms with Gasteiger partial charge in [0.15, 0.2) is 0 Å². The van der Waals surface area contributed by atoms with Crippen molar-refractivity contribution >= 4 is 45.8 Å². The fourth-order valence-corrected chi connectivity index (χ4v) is 5.62. The minimum atomic E-state index is -0.266. The zero-order chi connectivity index (χ0) is 25.1. The van der Waals surface area contributed by atoms with E-state index in [-0.39, 0.29) is 23.6 Å². The number of morpholine rings is 1. The molecule has 3 amide bonds. The van der Waals surface area contributed by atoms with Crippen LogP contribution in [0.5, 0.6) is 0 Å². The Morgan fingerprint density at radius 1 is 1.06 bits per heavy atom. The zero-order valence-corrected chi connectivity index (χ0v) is 21.1. The quantitative estimate of drug-likeness (QED) is 0.449. The van der Waals surface area contributed by atoms with Crippen LogP contribution in [0.25, 0.3) is 17.0 Å². The molecular weight excluding hydrogens is 474 g/mol.